The molecule has 0 radical (unpaired) electrons. The van der Waals surface area contributed by atoms with Crippen molar-refractivity contribution in [2.24, 2.45) is 0 Å². The second-order valence-electron chi connectivity index (χ2n) is 3.99. The molecule has 0 aromatic heterocycles. The standard InChI is InChI=1S/C13H14O5/c1-6(14)4-5-9-7(2)8(3)11(15)10(12(9)16)13(17)18/h4-5,15-16H,1-3H3,(H,17,18). The van der Waals surface area contributed by atoms with Crippen LogP contribution < -0.4 is 0 Å². The maximum Gasteiger partial charge on any atom is 0.343 e. The molecule has 0 fully saturated rings. The summed E-state index contributed by atoms with van der Waals surface area (Å²) in [5, 5.41) is 28.5. The van der Waals surface area contributed by atoms with E-state index in [0.29, 0.717) is 11.1 Å². The molecule has 5 heteroatoms. The van der Waals surface area contributed by atoms with E-state index in [1.165, 1.54) is 19.1 Å². The first-order valence-corrected chi connectivity index (χ1v) is 5.24. The first-order valence-electron chi connectivity index (χ1n) is 5.24. The van der Waals surface area contributed by atoms with Gasteiger partial charge in [-0.1, -0.05) is 0 Å². The van der Waals surface area contributed by atoms with Crippen LogP contribution >= 0.6 is 0 Å². The molecular formula is C13H14O5. The molecule has 5 nitrogen and oxygen atoms in total. The van der Waals surface area contributed by atoms with Gasteiger partial charge in [-0.25, -0.2) is 4.79 Å². The zero-order valence-corrected chi connectivity index (χ0v) is 10.3. The van der Waals surface area contributed by atoms with Crippen molar-refractivity contribution in [3.63, 3.8) is 0 Å². The lowest BCUT2D eigenvalue weighted by atomic mass is 9.96. The maximum atomic E-state index is 11.0. The van der Waals surface area contributed by atoms with E-state index in [1.54, 1.807) is 13.8 Å². The number of carbonyl (C=O) groups excluding carboxylic acids is 1. The number of benzene rings is 1. The van der Waals surface area contributed by atoms with Gasteiger partial charge < -0.3 is 15.3 Å². The minimum atomic E-state index is -1.43. The Bertz CT molecular complexity index is 555. The van der Waals surface area contributed by atoms with E-state index >= 15 is 0 Å². The predicted molar refractivity (Wildman–Crippen MR) is 65.9 cm³/mol. The van der Waals surface area contributed by atoms with Gasteiger partial charge in [0.1, 0.15) is 17.1 Å². The molecule has 0 aliphatic carbocycles. The summed E-state index contributed by atoms with van der Waals surface area (Å²) in [5.74, 6) is -2.65. The number of hydrogen-bond acceptors (Lipinski definition) is 4. The average molecular weight is 250 g/mol. The van der Waals surface area contributed by atoms with Gasteiger partial charge in [0.15, 0.2) is 5.78 Å². The number of aromatic hydroxyl groups is 2. The molecule has 18 heavy (non-hydrogen) atoms. The lowest BCUT2D eigenvalue weighted by Gasteiger charge is -2.13. The number of rotatable bonds is 3. The van der Waals surface area contributed by atoms with Crippen molar-refractivity contribution in [3.05, 3.63) is 28.3 Å². The van der Waals surface area contributed by atoms with Crippen molar-refractivity contribution in [2.45, 2.75) is 20.8 Å². The van der Waals surface area contributed by atoms with Gasteiger partial charge in [0.2, 0.25) is 0 Å². The minimum Gasteiger partial charge on any atom is -0.507 e. The summed E-state index contributed by atoms with van der Waals surface area (Å²) < 4.78 is 0. The summed E-state index contributed by atoms with van der Waals surface area (Å²) in [6.07, 6.45) is 2.57. The third-order valence-electron chi connectivity index (χ3n) is 2.75. The van der Waals surface area contributed by atoms with Gasteiger partial charge in [0.05, 0.1) is 0 Å². The van der Waals surface area contributed by atoms with Gasteiger partial charge in [-0.3, -0.25) is 4.79 Å². The predicted octanol–water partition coefficient (Wildman–Crippen LogP) is 2.02. The zero-order chi connectivity index (χ0) is 14.0. The summed E-state index contributed by atoms with van der Waals surface area (Å²) >= 11 is 0. The highest BCUT2D eigenvalue weighted by Crippen LogP contribution is 2.37. The van der Waals surface area contributed by atoms with E-state index in [-0.39, 0.29) is 11.3 Å². The molecule has 96 valence electrons. The van der Waals surface area contributed by atoms with Crippen molar-refractivity contribution in [2.75, 3.05) is 0 Å². The number of hydrogen-bond donors (Lipinski definition) is 3. The van der Waals surface area contributed by atoms with Crippen molar-refractivity contribution in [3.8, 4) is 11.5 Å². The third-order valence-corrected chi connectivity index (χ3v) is 2.75. The fraction of sp³-hybridized carbons (Fsp3) is 0.231. The van der Waals surface area contributed by atoms with Crippen molar-refractivity contribution >= 4 is 17.8 Å². The van der Waals surface area contributed by atoms with E-state index in [2.05, 4.69) is 0 Å². The quantitative estimate of drug-likeness (QED) is 0.713. The molecule has 1 aromatic carbocycles. The SMILES string of the molecule is CC(=O)C=Cc1c(C)c(C)c(O)c(C(=O)O)c1O. The molecule has 0 spiro atoms. The lowest BCUT2D eigenvalue weighted by Crippen LogP contribution is -2.02. The Hall–Kier alpha value is -2.30. The molecule has 0 saturated heterocycles. The summed E-state index contributed by atoms with van der Waals surface area (Å²) in [6, 6.07) is 0. The van der Waals surface area contributed by atoms with Crippen LogP contribution in [0.2, 0.25) is 0 Å². The first-order chi connectivity index (χ1) is 8.27. The Morgan fingerprint density at radius 2 is 1.61 bits per heavy atom. The summed E-state index contributed by atoms with van der Waals surface area (Å²) in [5.41, 5.74) is 0.542. The topological polar surface area (TPSA) is 94.8 Å². The molecule has 3 N–H and O–H groups in total. The smallest absolute Gasteiger partial charge is 0.343 e. The zero-order valence-electron chi connectivity index (χ0n) is 10.3. The molecule has 0 unspecified atom stereocenters. The van der Waals surface area contributed by atoms with Crippen LogP contribution in [-0.2, 0) is 4.79 Å². The van der Waals surface area contributed by atoms with Crippen LogP contribution in [-0.4, -0.2) is 27.1 Å². The summed E-state index contributed by atoms with van der Waals surface area (Å²) in [6.45, 7) is 4.51. The average Bonchev–Trinajstić information content (AvgIpc) is 2.25. The minimum absolute atomic E-state index is 0.220. The van der Waals surface area contributed by atoms with Gasteiger partial charge in [-0.05, 0) is 44.1 Å². The Kier molecular flexibility index (Phi) is 3.76. The van der Waals surface area contributed by atoms with Crippen LogP contribution in [0.1, 0.15) is 34.0 Å². The van der Waals surface area contributed by atoms with Gasteiger partial charge in [-0.2, -0.15) is 0 Å². The number of carbonyl (C=O) groups is 2. The number of carboxylic acid groups (broad SMARTS) is 1. The third kappa shape index (κ3) is 2.34. The molecule has 1 rings (SSSR count). The first kappa shape index (κ1) is 13.8. The molecule has 0 bridgehead atoms. The largest absolute Gasteiger partial charge is 0.507 e. The number of aromatic carboxylic acids is 1. The second kappa shape index (κ2) is 4.91. The van der Waals surface area contributed by atoms with Gasteiger partial charge in [0.25, 0.3) is 0 Å². The van der Waals surface area contributed by atoms with Crippen LogP contribution in [0.3, 0.4) is 0 Å². The fourth-order valence-electron chi connectivity index (χ4n) is 1.60. The Morgan fingerprint density at radius 3 is 2.06 bits per heavy atom. The molecular weight excluding hydrogens is 236 g/mol. The number of carboxylic acids is 1. The Balaban J connectivity index is 3.62. The van der Waals surface area contributed by atoms with E-state index in [4.69, 9.17) is 5.11 Å². The lowest BCUT2D eigenvalue weighted by molar-refractivity contribution is -0.112. The van der Waals surface area contributed by atoms with Crippen LogP contribution in [0.25, 0.3) is 6.08 Å². The van der Waals surface area contributed by atoms with Crippen molar-refractivity contribution in [1.82, 2.24) is 0 Å². The van der Waals surface area contributed by atoms with Crippen LogP contribution in [0, 0.1) is 13.8 Å². The van der Waals surface area contributed by atoms with E-state index in [1.807, 2.05) is 0 Å². The molecule has 0 amide bonds. The molecule has 1 aromatic rings. The van der Waals surface area contributed by atoms with Gasteiger partial charge in [-0.15, -0.1) is 0 Å². The maximum absolute atomic E-state index is 11.0. The summed E-state index contributed by atoms with van der Waals surface area (Å²) in [7, 11) is 0. The molecule has 0 aliphatic rings. The highest BCUT2D eigenvalue weighted by Gasteiger charge is 2.22. The fourth-order valence-corrected chi connectivity index (χ4v) is 1.60. The van der Waals surface area contributed by atoms with Crippen LogP contribution in [0.4, 0.5) is 0 Å². The Labute approximate surface area is 104 Å². The highest BCUT2D eigenvalue weighted by atomic mass is 16.4. The molecule has 0 saturated carbocycles. The number of ketones is 1. The van der Waals surface area contributed by atoms with Crippen molar-refractivity contribution in [1.29, 1.82) is 0 Å². The number of allylic oxidation sites excluding steroid dienone is 1. The van der Waals surface area contributed by atoms with E-state index in [0.717, 1.165) is 0 Å². The highest BCUT2D eigenvalue weighted by molar-refractivity contribution is 5.98. The van der Waals surface area contributed by atoms with E-state index in [9.17, 15) is 19.8 Å². The molecule has 0 atom stereocenters. The van der Waals surface area contributed by atoms with E-state index < -0.39 is 23.0 Å². The van der Waals surface area contributed by atoms with Crippen LogP contribution in [0.5, 0.6) is 11.5 Å². The van der Waals surface area contributed by atoms with Crippen LogP contribution in [0.15, 0.2) is 6.08 Å². The van der Waals surface area contributed by atoms with Crippen molar-refractivity contribution < 1.29 is 24.9 Å². The van der Waals surface area contributed by atoms with Gasteiger partial charge >= 0.3 is 5.97 Å². The Morgan fingerprint density at radius 1 is 1.06 bits per heavy atom. The summed E-state index contributed by atoms with van der Waals surface area (Å²) in [4.78, 5) is 21.9. The van der Waals surface area contributed by atoms with Gasteiger partial charge in [0, 0.05) is 5.56 Å². The molecule has 0 heterocycles. The molecule has 0 aliphatic heterocycles. The number of phenols is 2. The monoisotopic (exact) mass is 250 g/mol. The normalized spacial score (nSPS) is 10.8. The second-order valence-corrected chi connectivity index (χ2v) is 3.99.